The highest BCUT2D eigenvalue weighted by Gasteiger charge is 2.03. The fraction of sp³-hybridized carbons (Fsp3) is 0. The predicted octanol–water partition coefficient (Wildman–Crippen LogP) is 1.58. The lowest BCUT2D eigenvalue weighted by atomic mass is 10.3. The molecule has 0 aliphatic carbocycles. The molecular weight excluding hydrogens is 142 g/mol. The van der Waals surface area contributed by atoms with Crippen LogP contribution in [-0.2, 0) is 0 Å². The summed E-state index contributed by atoms with van der Waals surface area (Å²) < 4.78 is 0.759. The van der Waals surface area contributed by atoms with Crippen molar-refractivity contribution in [1.29, 1.82) is 0 Å². The van der Waals surface area contributed by atoms with Gasteiger partial charge in [-0.25, -0.2) is 0 Å². The van der Waals surface area contributed by atoms with Crippen LogP contribution in [0.3, 0.4) is 0 Å². The number of aromatic hydroxyl groups is 1. The number of rotatable bonds is 0. The summed E-state index contributed by atoms with van der Waals surface area (Å²) in [5, 5.41) is 19.0. The standard InChI is InChI=1S/C8H7NO2/c10-8-5-6-3-1-2-4-7(6)9(8)11/h1-5,10-11H. The molecule has 0 atom stereocenters. The van der Waals surface area contributed by atoms with Crippen LogP contribution in [0.1, 0.15) is 0 Å². The zero-order valence-corrected chi connectivity index (χ0v) is 5.73. The highest BCUT2D eigenvalue weighted by Crippen LogP contribution is 2.21. The van der Waals surface area contributed by atoms with Crippen LogP contribution in [-0.4, -0.2) is 15.0 Å². The summed E-state index contributed by atoms with van der Waals surface area (Å²) in [4.78, 5) is 0. The Hall–Kier alpha value is -1.64. The zero-order valence-electron chi connectivity index (χ0n) is 5.73. The van der Waals surface area contributed by atoms with Crippen molar-refractivity contribution >= 4 is 10.9 Å². The van der Waals surface area contributed by atoms with E-state index >= 15 is 0 Å². The van der Waals surface area contributed by atoms with Gasteiger partial charge in [-0.05, 0) is 6.07 Å². The second-order valence-electron chi connectivity index (χ2n) is 2.37. The SMILES string of the molecule is Oc1cc2ccccc2n1O. The molecule has 2 N–H and O–H groups in total. The third-order valence-corrected chi connectivity index (χ3v) is 1.67. The molecular formula is C8H7NO2. The van der Waals surface area contributed by atoms with E-state index in [1.165, 1.54) is 6.07 Å². The minimum atomic E-state index is -0.133. The van der Waals surface area contributed by atoms with Gasteiger partial charge >= 0.3 is 0 Å². The molecule has 0 saturated heterocycles. The Labute approximate surface area is 63.1 Å². The zero-order chi connectivity index (χ0) is 7.84. The van der Waals surface area contributed by atoms with Gasteiger partial charge < -0.3 is 10.3 Å². The quantitative estimate of drug-likeness (QED) is 0.558. The van der Waals surface area contributed by atoms with Crippen LogP contribution in [0, 0.1) is 0 Å². The first-order chi connectivity index (χ1) is 5.29. The van der Waals surface area contributed by atoms with Crippen molar-refractivity contribution in [3.8, 4) is 5.88 Å². The Kier molecular flexibility index (Phi) is 1.06. The number of para-hydroxylation sites is 1. The average molecular weight is 149 g/mol. The Morgan fingerprint density at radius 2 is 1.91 bits per heavy atom. The molecule has 3 heteroatoms. The van der Waals surface area contributed by atoms with E-state index < -0.39 is 0 Å². The molecule has 1 aromatic heterocycles. The molecule has 2 aromatic rings. The second kappa shape index (κ2) is 1.92. The summed E-state index contributed by atoms with van der Waals surface area (Å²) in [7, 11) is 0. The van der Waals surface area contributed by atoms with Crippen molar-refractivity contribution in [2.24, 2.45) is 0 Å². The average Bonchev–Trinajstić information content (AvgIpc) is 2.30. The number of benzene rings is 1. The van der Waals surface area contributed by atoms with Crippen LogP contribution in [0.4, 0.5) is 0 Å². The molecule has 0 bridgehead atoms. The third kappa shape index (κ3) is 0.741. The van der Waals surface area contributed by atoms with E-state index in [-0.39, 0.29) is 5.88 Å². The van der Waals surface area contributed by atoms with E-state index in [1.807, 2.05) is 12.1 Å². The van der Waals surface area contributed by atoms with Crippen molar-refractivity contribution in [3.05, 3.63) is 30.3 Å². The largest absolute Gasteiger partial charge is 0.492 e. The smallest absolute Gasteiger partial charge is 0.225 e. The molecule has 1 aromatic carbocycles. The summed E-state index contributed by atoms with van der Waals surface area (Å²) in [5.41, 5.74) is 0.616. The lowest BCUT2D eigenvalue weighted by molar-refractivity contribution is 0.167. The number of nitrogens with zero attached hydrogens (tertiary/aromatic N) is 1. The van der Waals surface area contributed by atoms with E-state index in [0.29, 0.717) is 5.52 Å². The third-order valence-electron chi connectivity index (χ3n) is 1.67. The van der Waals surface area contributed by atoms with Gasteiger partial charge in [0.05, 0.1) is 5.52 Å². The number of aromatic nitrogens is 1. The Morgan fingerprint density at radius 1 is 1.18 bits per heavy atom. The van der Waals surface area contributed by atoms with Crippen LogP contribution in [0.25, 0.3) is 10.9 Å². The normalized spacial score (nSPS) is 10.5. The number of hydrogen-bond acceptors (Lipinski definition) is 2. The highest BCUT2D eigenvalue weighted by molar-refractivity contribution is 5.81. The summed E-state index contributed by atoms with van der Waals surface area (Å²) in [6, 6.07) is 8.71. The molecule has 0 aliphatic rings. The molecule has 0 amide bonds. The highest BCUT2D eigenvalue weighted by atomic mass is 16.5. The maximum absolute atomic E-state index is 9.16. The molecule has 0 saturated carbocycles. The van der Waals surface area contributed by atoms with E-state index in [4.69, 9.17) is 10.3 Å². The summed E-state index contributed by atoms with van der Waals surface area (Å²) in [5.74, 6) is -0.133. The van der Waals surface area contributed by atoms with E-state index in [0.717, 1.165) is 10.1 Å². The van der Waals surface area contributed by atoms with Crippen LogP contribution in [0.5, 0.6) is 5.88 Å². The number of fused-ring (bicyclic) bond motifs is 1. The van der Waals surface area contributed by atoms with Crippen LogP contribution < -0.4 is 0 Å². The first-order valence-corrected chi connectivity index (χ1v) is 3.28. The van der Waals surface area contributed by atoms with Crippen molar-refractivity contribution in [1.82, 2.24) is 4.73 Å². The van der Waals surface area contributed by atoms with Crippen molar-refractivity contribution in [2.45, 2.75) is 0 Å². The van der Waals surface area contributed by atoms with Crippen LogP contribution in [0.15, 0.2) is 30.3 Å². The maximum atomic E-state index is 9.16. The maximum Gasteiger partial charge on any atom is 0.225 e. The molecule has 0 fully saturated rings. The minimum Gasteiger partial charge on any atom is -0.492 e. The van der Waals surface area contributed by atoms with Crippen molar-refractivity contribution in [2.75, 3.05) is 0 Å². The van der Waals surface area contributed by atoms with Gasteiger partial charge in [-0.1, -0.05) is 18.2 Å². The van der Waals surface area contributed by atoms with Gasteiger partial charge in [-0.15, -0.1) is 0 Å². The van der Waals surface area contributed by atoms with Gasteiger partial charge in [0.15, 0.2) is 0 Å². The summed E-state index contributed by atoms with van der Waals surface area (Å²) in [6.45, 7) is 0. The Bertz CT molecular complexity index is 392. The first-order valence-electron chi connectivity index (χ1n) is 3.28. The number of hydrogen-bond donors (Lipinski definition) is 2. The molecule has 11 heavy (non-hydrogen) atoms. The molecule has 0 radical (unpaired) electrons. The van der Waals surface area contributed by atoms with E-state index in [9.17, 15) is 0 Å². The topological polar surface area (TPSA) is 45.4 Å². The van der Waals surface area contributed by atoms with Crippen LogP contribution >= 0.6 is 0 Å². The molecule has 0 aliphatic heterocycles. The van der Waals surface area contributed by atoms with Gasteiger partial charge in [-0.3, -0.25) is 0 Å². The van der Waals surface area contributed by atoms with Gasteiger partial charge in [0.2, 0.25) is 5.88 Å². The summed E-state index contributed by atoms with van der Waals surface area (Å²) in [6.07, 6.45) is 0. The van der Waals surface area contributed by atoms with Gasteiger partial charge in [0.25, 0.3) is 0 Å². The molecule has 3 nitrogen and oxygen atoms in total. The van der Waals surface area contributed by atoms with E-state index in [1.54, 1.807) is 12.1 Å². The molecule has 1 heterocycles. The molecule has 2 rings (SSSR count). The van der Waals surface area contributed by atoms with Crippen molar-refractivity contribution in [3.63, 3.8) is 0 Å². The summed E-state index contributed by atoms with van der Waals surface area (Å²) >= 11 is 0. The van der Waals surface area contributed by atoms with Gasteiger partial charge in [-0.2, -0.15) is 4.73 Å². The fourth-order valence-corrected chi connectivity index (χ4v) is 1.13. The first kappa shape index (κ1) is 6.09. The Balaban J connectivity index is 2.92. The molecule has 0 spiro atoms. The van der Waals surface area contributed by atoms with Crippen molar-refractivity contribution < 1.29 is 10.3 Å². The molecule has 56 valence electrons. The lowest BCUT2D eigenvalue weighted by Crippen LogP contribution is -1.86. The fourth-order valence-electron chi connectivity index (χ4n) is 1.13. The van der Waals surface area contributed by atoms with Crippen LogP contribution in [0.2, 0.25) is 0 Å². The van der Waals surface area contributed by atoms with Gasteiger partial charge in [0, 0.05) is 11.5 Å². The minimum absolute atomic E-state index is 0.133. The molecule has 0 unspecified atom stereocenters. The second-order valence-corrected chi connectivity index (χ2v) is 2.37. The van der Waals surface area contributed by atoms with Gasteiger partial charge in [0.1, 0.15) is 0 Å². The Morgan fingerprint density at radius 3 is 2.64 bits per heavy atom. The monoisotopic (exact) mass is 149 g/mol. The predicted molar refractivity (Wildman–Crippen MR) is 40.8 cm³/mol. The lowest BCUT2D eigenvalue weighted by Gasteiger charge is -1.93. The van der Waals surface area contributed by atoms with E-state index in [2.05, 4.69) is 0 Å².